The predicted molar refractivity (Wildman–Crippen MR) is 157 cm³/mol. The SMILES string of the molecule is CCOc1ccc(/C=C/C(OO)C2CCC3(C)C(CCC4C3CCC3(C)C(C(C)C(C)C)CCC43)C2)cc1. The van der Waals surface area contributed by atoms with Crippen molar-refractivity contribution >= 4 is 6.08 Å². The molecule has 1 N–H and O–H groups in total. The first kappa shape index (κ1) is 28.2. The van der Waals surface area contributed by atoms with Crippen LogP contribution in [-0.4, -0.2) is 18.0 Å². The summed E-state index contributed by atoms with van der Waals surface area (Å²) in [5.41, 5.74) is 2.14. The third kappa shape index (κ3) is 5.00. The lowest BCUT2D eigenvalue weighted by atomic mass is 9.43. The van der Waals surface area contributed by atoms with Crippen molar-refractivity contribution < 1.29 is 14.9 Å². The zero-order chi connectivity index (χ0) is 27.1. The predicted octanol–water partition coefficient (Wildman–Crippen LogP) is 9.52. The van der Waals surface area contributed by atoms with E-state index < -0.39 is 0 Å². The maximum Gasteiger partial charge on any atom is 0.119 e. The maximum absolute atomic E-state index is 9.89. The highest BCUT2D eigenvalue weighted by Gasteiger charge is 2.60. The summed E-state index contributed by atoms with van der Waals surface area (Å²) < 4.78 is 5.56. The molecule has 4 saturated carbocycles. The molecule has 0 radical (unpaired) electrons. The Hall–Kier alpha value is -1.32. The number of hydrogen-bond acceptors (Lipinski definition) is 3. The van der Waals surface area contributed by atoms with Crippen molar-refractivity contribution in [2.75, 3.05) is 6.61 Å². The van der Waals surface area contributed by atoms with Crippen LogP contribution in [0.1, 0.15) is 105 Å². The molecule has 3 heteroatoms. The van der Waals surface area contributed by atoms with Gasteiger partial charge in [-0.15, -0.1) is 0 Å². The highest BCUT2D eigenvalue weighted by atomic mass is 17.1. The van der Waals surface area contributed by atoms with Crippen LogP contribution in [0.25, 0.3) is 6.08 Å². The van der Waals surface area contributed by atoms with Crippen LogP contribution in [0.3, 0.4) is 0 Å². The Bertz CT molecular complexity index is 952. The summed E-state index contributed by atoms with van der Waals surface area (Å²) in [6, 6.07) is 8.16. The molecule has 212 valence electrons. The zero-order valence-electron chi connectivity index (χ0n) is 25.0. The van der Waals surface area contributed by atoms with Crippen molar-refractivity contribution in [3.8, 4) is 5.75 Å². The molecule has 10 atom stereocenters. The number of fused-ring (bicyclic) bond motifs is 5. The summed E-state index contributed by atoms with van der Waals surface area (Å²) in [5, 5.41) is 9.89. The van der Waals surface area contributed by atoms with Crippen molar-refractivity contribution in [2.45, 2.75) is 105 Å². The third-order valence-corrected chi connectivity index (χ3v) is 12.7. The Morgan fingerprint density at radius 1 is 0.921 bits per heavy atom. The monoisotopic (exact) mass is 522 g/mol. The Morgan fingerprint density at radius 2 is 1.63 bits per heavy atom. The molecule has 4 fully saturated rings. The summed E-state index contributed by atoms with van der Waals surface area (Å²) in [6.07, 6.45) is 16.2. The van der Waals surface area contributed by atoms with Gasteiger partial charge in [-0.2, -0.15) is 0 Å². The van der Waals surface area contributed by atoms with Gasteiger partial charge in [0.25, 0.3) is 0 Å². The van der Waals surface area contributed by atoms with E-state index in [1.54, 1.807) is 0 Å². The minimum Gasteiger partial charge on any atom is -0.494 e. The average molecular weight is 523 g/mol. The summed E-state index contributed by atoms with van der Waals surface area (Å²) in [4.78, 5) is 5.11. The van der Waals surface area contributed by atoms with Gasteiger partial charge in [0.2, 0.25) is 0 Å². The number of hydrogen-bond donors (Lipinski definition) is 1. The third-order valence-electron chi connectivity index (χ3n) is 12.7. The lowest BCUT2D eigenvalue weighted by molar-refractivity contribution is -0.282. The molecular formula is C35H54O3. The molecule has 10 unspecified atom stereocenters. The van der Waals surface area contributed by atoms with E-state index in [1.165, 1.54) is 51.4 Å². The van der Waals surface area contributed by atoms with Crippen LogP contribution in [0.15, 0.2) is 30.3 Å². The fourth-order valence-corrected chi connectivity index (χ4v) is 10.3. The van der Waals surface area contributed by atoms with Gasteiger partial charge in [-0.05, 0) is 141 Å². The molecule has 0 bridgehead atoms. The second-order valence-electron chi connectivity index (χ2n) is 14.5. The molecule has 1 aromatic carbocycles. The highest BCUT2D eigenvalue weighted by Crippen LogP contribution is 2.69. The number of benzene rings is 1. The van der Waals surface area contributed by atoms with Crippen molar-refractivity contribution in [1.29, 1.82) is 0 Å². The van der Waals surface area contributed by atoms with Crippen LogP contribution in [0.5, 0.6) is 5.75 Å². The molecule has 0 heterocycles. The summed E-state index contributed by atoms with van der Waals surface area (Å²) in [7, 11) is 0. The standard InChI is InChI=1S/C35H54O3/c1-7-37-28-12-8-25(9-13-28)10-17-33(38-36)26-18-20-34(5)27(22-26)11-14-29-31-16-15-30(24(4)23(2)3)35(31,6)21-19-32(29)34/h8-10,12-13,17,23-24,26-27,29-33,36H,7,11,14-16,18-22H2,1-6H3/b17-10+. The lowest BCUT2D eigenvalue weighted by Gasteiger charge is -2.61. The van der Waals surface area contributed by atoms with Crippen LogP contribution >= 0.6 is 0 Å². The van der Waals surface area contributed by atoms with Gasteiger partial charge < -0.3 is 4.74 Å². The van der Waals surface area contributed by atoms with E-state index in [0.29, 0.717) is 23.4 Å². The fourth-order valence-electron chi connectivity index (χ4n) is 10.3. The van der Waals surface area contributed by atoms with Crippen LogP contribution in [0.2, 0.25) is 0 Å². The minimum atomic E-state index is -0.230. The van der Waals surface area contributed by atoms with E-state index in [4.69, 9.17) is 9.62 Å². The van der Waals surface area contributed by atoms with Gasteiger partial charge in [0.05, 0.1) is 6.61 Å². The molecule has 4 aliphatic carbocycles. The lowest BCUT2D eigenvalue weighted by Crippen LogP contribution is -2.54. The van der Waals surface area contributed by atoms with Crippen molar-refractivity contribution in [2.24, 2.45) is 58.2 Å². The molecule has 0 aromatic heterocycles. The first-order chi connectivity index (χ1) is 18.2. The quantitative estimate of drug-likeness (QED) is 0.273. The second kappa shape index (κ2) is 11.3. The summed E-state index contributed by atoms with van der Waals surface area (Å²) >= 11 is 0. The number of rotatable bonds is 8. The smallest absolute Gasteiger partial charge is 0.119 e. The molecule has 38 heavy (non-hydrogen) atoms. The zero-order valence-corrected chi connectivity index (χ0v) is 25.0. The molecule has 0 aliphatic heterocycles. The normalized spacial score (nSPS) is 40.4. The van der Waals surface area contributed by atoms with E-state index in [2.05, 4.69) is 58.9 Å². The summed E-state index contributed by atoms with van der Waals surface area (Å²) in [5.74, 6) is 7.36. The molecular weight excluding hydrogens is 468 g/mol. The molecule has 0 saturated heterocycles. The van der Waals surface area contributed by atoms with Crippen molar-refractivity contribution in [1.82, 2.24) is 0 Å². The van der Waals surface area contributed by atoms with Crippen LogP contribution in [-0.2, 0) is 4.89 Å². The van der Waals surface area contributed by atoms with Crippen molar-refractivity contribution in [3.63, 3.8) is 0 Å². The highest BCUT2D eigenvalue weighted by molar-refractivity contribution is 5.51. The Labute approximate surface area is 232 Å². The van der Waals surface area contributed by atoms with E-state index in [9.17, 15) is 5.26 Å². The maximum atomic E-state index is 9.89. The van der Waals surface area contributed by atoms with Gasteiger partial charge in [0.1, 0.15) is 11.9 Å². The van der Waals surface area contributed by atoms with Crippen LogP contribution in [0, 0.1) is 58.2 Å². The van der Waals surface area contributed by atoms with Gasteiger partial charge in [0, 0.05) is 0 Å². The molecule has 0 amide bonds. The van der Waals surface area contributed by atoms with Gasteiger partial charge in [0.15, 0.2) is 0 Å². The largest absolute Gasteiger partial charge is 0.494 e. The molecule has 5 rings (SSSR count). The van der Waals surface area contributed by atoms with Gasteiger partial charge in [-0.3, -0.25) is 5.26 Å². The van der Waals surface area contributed by atoms with Gasteiger partial charge in [-0.1, -0.05) is 58.9 Å². The Balaban J connectivity index is 1.25. The minimum absolute atomic E-state index is 0.230. The summed E-state index contributed by atoms with van der Waals surface area (Å²) in [6.45, 7) is 15.4. The van der Waals surface area contributed by atoms with Crippen molar-refractivity contribution in [3.05, 3.63) is 35.9 Å². The Morgan fingerprint density at radius 3 is 2.32 bits per heavy atom. The molecule has 4 aliphatic rings. The van der Waals surface area contributed by atoms with E-state index in [-0.39, 0.29) is 6.10 Å². The second-order valence-corrected chi connectivity index (χ2v) is 14.5. The van der Waals surface area contributed by atoms with Crippen LogP contribution < -0.4 is 4.74 Å². The molecule has 1 aromatic rings. The topological polar surface area (TPSA) is 38.7 Å². The first-order valence-corrected chi connectivity index (χ1v) is 15.9. The molecule has 0 spiro atoms. The van der Waals surface area contributed by atoms with E-state index in [1.807, 2.05) is 19.1 Å². The van der Waals surface area contributed by atoms with Gasteiger partial charge in [-0.25, -0.2) is 4.89 Å². The van der Waals surface area contributed by atoms with Crippen LogP contribution in [0.4, 0.5) is 0 Å². The first-order valence-electron chi connectivity index (χ1n) is 15.9. The fraction of sp³-hybridized carbons (Fsp3) is 0.771. The van der Waals surface area contributed by atoms with E-state index in [0.717, 1.165) is 59.2 Å². The number of ether oxygens (including phenoxy) is 1. The van der Waals surface area contributed by atoms with E-state index >= 15 is 0 Å². The molecule has 3 nitrogen and oxygen atoms in total. The van der Waals surface area contributed by atoms with Gasteiger partial charge >= 0.3 is 0 Å². The average Bonchev–Trinajstić information content (AvgIpc) is 3.26. The Kier molecular flexibility index (Phi) is 8.38.